The first-order valence-corrected chi connectivity index (χ1v) is 7.77. The molecular formula is C15H18ClF3N4O. The standard InChI is InChI=1S/C15H18ClF3N4O/c1-3-22(14(24)10(2)7-15(17,18)19)12-9-23(21-13(12)16)11-5-4-6-20-8-11/h4-6,8-10,14,24H,3,7H2,1-2H3. The number of nitrogens with zero attached hydrogens (tertiary/aromatic N) is 4. The molecule has 24 heavy (non-hydrogen) atoms. The number of rotatable bonds is 6. The van der Waals surface area contributed by atoms with E-state index in [1.165, 1.54) is 16.5 Å². The zero-order valence-electron chi connectivity index (χ0n) is 13.2. The summed E-state index contributed by atoms with van der Waals surface area (Å²) in [4.78, 5) is 5.38. The predicted molar refractivity (Wildman–Crippen MR) is 85.2 cm³/mol. The Balaban J connectivity index is 2.26. The Morgan fingerprint density at radius 3 is 2.67 bits per heavy atom. The van der Waals surface area contributed by atoms with E-state index in [0.29, 0.717) is 11.4 Å². The molecule has 2 aromatic rings. The molecule has 0 saturated carbocycles. The molecule has 2 heterocycles. The van der Waals surface area contributed by atoms with Gasteiger partial charge in [0.2, 0.25) is 0 Å². The van der Waals surface area contributed by atoms with Crippen molar-refractivity contribution in [1.29, 1.82) is 0 Å². The highest BCUT2D eigenvalue weighted by atomic mass is 35.5. The third-order valence-corrected chi connectivity index (χ3v) is 3.86. The minimum absolute atomic E-state index is 0.0963. The summed E-state index contributed by atoms with van der Waals surface area (Å²) in [5.41, 5.74) is 1.02. The van der Waals surface area contributed by atoms with E-state index < -0.39 is 24.7 Å². The number of pyridine rings is 1. The van der Waals surface area contributed by atoms with Gasteiger partial charge in [0.05, 0.1) is 30.2 Å². The normalized spacial score (nSPS) is 14.5. The van der Waals surface area contributed by atoms with E-state index in [-0.39, 0.29) is 11.7 Å². The minimum Gasteiger partial charge on any atom is -0.373 e. The average Bonchev–Trinajstić information content (AvgIpc) is 2.89. The van der Waals surface area contributed by atoms with Gasteiger partial charge in [0.25, 0.3) is 0 Å². The van der Waals surface area contributed by atoms with Gasteiger partial charge in [-0.3, -0.25) is 4.98 Å². The lowest BCUT2D eigenvalue weighted by atomic mass is 10.0. The zero-order valence-corrected chi connectivity index (χ0v) is 14.0. The van der Waals surface area contributed by atoms with Crippen molar-refractivity contribution in [3.63, 3.8) is 0 Å². The summed E-state index contributed by atoms with van der Waals surface area (Å²) >= 11 is 6.12. The maximum atomic E-state index is 12.6. The summed E-state index contributed by atoms with van der Waals surface area (Å²) in [6.45, 7) is 3.35. The lowest BCUT2D eigenvalue weighted by Gasteiger charge is -2.32. The Morgan fingerprint density at radius 2 is 2.12 bits per heavy atom. The second-order valence-electron chi connectivity index (χ2n) is 5.46. The first-order valence-electron chi connectivity index (χ1n) is 7.40. The van der Waals surface area contributed by atoms with Gasteiger partial charge in [-0.05, 0) is 19.1 Å². The molecule has 2 rings (SSSR count). The maximum Gasteiger partial charge on any atom is 0.389 e. The molecule has 0 aliphatic rings. The summed E-state index contributed by atoms with van der Waals surface area (Å²) < 4.78 is 39.2. The molecule has 0 spiro atoms. The van der Waals surface area contributed by atoms with Crippen LogP contribution in [0.2, 0.25) is 5.15 Å². The number of aromatic nitrogens is 3. The SMILES string of the molecule is CCN(c1cn(-c2cccnc2)nc1Cl)C(O)C(C)CC(F)(F)F. The highest BCUT2D eigenvalue weighted by Gasteiger charge is 2.35. The Hall–Kier alpha value is -1.80. The fraction of sp³-hybridized carbons (Fsp3) is 0.467. The van der Waals surface area contributed by atoms with Crippen LogP contribution in [0.15, 0.2) is 30.7 Å². The van der Waals surface area contributed by atoms with E-state index >= 15 is 0 Å². The molecule has 2 unspecified atom stereocenters. The van der Waals surface area contributed by atoms with Gasteiger partial charge in [-0.1, -0.05) is 18.5 Å². The van der Waals surface area contributed by atoms with E-state index in [1.54, 1.807) is 37.6 Å². The number of anilines is 1. The van der Waals surface area contributed by atoms with Crippen molar-refractivity contribution in [2.24, 2.45) is 5.92 Å². The summed E-state index contributed by atoms with van der Waals surface area (Å²) in [5.74, 6) is -1.01. The molecule has 0 aliphatic carbocycles. The van der Waals surface area contributed by atoms with Crippen LogP contribution in [0.25, 0.3) is 5.69 Å². The first-order chi connectivity index (χ1) is 11.2. The van der Waals surface area contributed by atoms with Gasteiger partial charge < -0.3 is 10.0 Å². The van der Waals surface area contributed by atoms with Gasteiger partial charge in [0, 0.05) is 18.7 Å². The third kappa shape index (κ3) is 4.39. The number of alkyl halides is 3. The van der Waals surface area contributed by atoms with Crippen molar-refractivity contribution in [1.82, 2.24) is 14.8 Å². The van der Waals surface area contributed by atoms with E-state index in [4.69, 9.17) is 11.6 Å². The Morgan fingerprint density at radius 1 is 1.42 bits per heavy atom. The molecule has 0 bridgehead atoms. The van der Waals surface area contributed by atoms with Crippen molar-refractivity contribution in [3.05, 3.63) is 35.9 Å². The van der Waals surface area contributed by atoms with Gasteiger partial charge >= 0.3 is 6.18 Å². The van der Waals surface area contributed by atoms with Crippen LogP contribution in [-0.4, -0.2) is 38.8 Å². The molecule has 0 fully saturated rings. The third-order valence-electron chi connectivity index (χ3n) is 3.59. The Kier molecular flexibility index (Phi) is 5.71. The molecule has 2 atom stereocenters. The predicted octanol–water partition coefficient (Wildman–Crippen LogP) is 3.65. The number of aliphatic hydroxyl groups excluding tert-OH is 1. The molecule has 0 radical (unpaired) electrons. The highest BCUT2D eigenvalue weighted by molar-refractivity contribution is 6.32. The van der Waals surface area contributed by atoms with E-state index in [0.717, 1.165) is 0 Å². The molecule has 0 amide bonds. The fourth-order valence-electron chi connectivity index (χ4n) is 2.44. The number of halogens is 4. The summed E-state index contributed by atoms with van der Waals surface area (Å²) in [6, 6.07) is 3.49. The lowest BCUT2D eigenvalue weighted by Crippen LogP contribution is -2.41. The van der Waals surface area contributed by atoms with Crippen LogP contribution in [0.5, 0.6) is 0 Å². The molecule has 0 aliphatic heterocycles. The van der Waals surface area contributed by atoms with Gasteiger partial charge in [-0.2, -0.15) is 18.3 Å². The number of hydrogen-bond acceptors (Lipinski definition) is 4. The summed E-state index contributed by atoms with van der Waals surface area (Å²) in [6.07, 6.45) is -2.02. The van der Waals surface area contributed by atoms with Crippen molar-refractivity contribution in [3.8, 4) is 5.69 Å². The molecule has 0 saturated heterocycles. The van der Waals surface area contributed by atoms with Crippen molar-refractivity contribution in [2.45, 2.75) is 32.7 Å². The molecular weight excluding hydrogens is 345 g/mol. The van der Waals surface area contributed by atoms with Gasteiger partial charge in [-0.15, -0.1) is 0 Å². The molecule has 2 aromatic heterocycles. The van der Waals surface area contributed by atoms with Crippen molar-refractivity contribution >= 4 is 17.3 Å². The average molecular weight is 363 g/mol. The Labute approximate surface area is 142 Å². The van der Waals surface area contributed by atoms with Crippen LogP contribution in [0, 0.1) is 5.92 Å². The maximum absolute atomic E-state index is 12.6. The highest BCUT2D eigenvalue weighted by Crippen LogP contribution is 2.32. The lowest BCUT2D eigenvalue weighted by molar-refractivity contribution is -0.150. The molecule has 132 valence electrons. The zero-order chi connectivity index (χ0) is 17.9. The minimum atomic E-state index is -4.34. The van der Waals surface area contributed by atoms with E-state index in [2.05, 4.69) is 10.1 Å². The van der Waals surface area contributed by atoms with Crippen LogP contribution in [0.3, 0.4) is 0 Å². The van der Waals surface area contributed by atoms with Crippen LogP contribution in [0.4, 0.5) is 18.9 Å². The topological polar surface area (TPSA) is 54.2 Å². The van der Waals surface area contributed by atoms with E-state index in [9.17, 15) is 18.3 Å². The fourth-order valence-corrected chi connectivity index (χ4v) is 2.67. The van der Waals surface area contributed by atoms with Crippen LogP contribution in [0.1, 0.15) is 20.3 Å². The molecule has 5 nitrogen and oxygen atoms in total. The molecule has 0 aromatic carbocycles. The van der Waals surface area contributed by atoms with Gasteiger partial charge in [-0.25, -0.2) is 4.68 Å². The van der Waals surface area contributed by atoms with E-state index in [1.807, 2.05) is 0 Å². The number of aliphatic hydroxyl groups is 1. The van der Waals surface area contributed by atoms with Crippen molar-refractivity contribution < 1.29 is 18.3 Å². The smallest absolute Gasteiger partial charge is 0.373 e. The second kappa shape index (κ2) is 7.40. The van der Waals surface area contributed by atoms with Gasteiger partial charge in [0.15, 0.2) is 5.15 Å². The summed E-state index contributed by atoms with van der Waals surface area (Å²) in [5, 5.41) is 14.5. The van der Waals surface area contributed by atoms with Gasteiger partial charge in [0.1, 0.15) is 6.23 Å². The van der Waals surface area contributed by atoms with Crippen LogP contribution < -0.4 is 4.90 Å². The van der Waals surface area contributed by atoms with Crippen LogP contribution in [-0.2, 0) is 0 Å². The molecule has 9 heteroatoms. The number of hydrogen-bond donors (Lipinski definition) is 1. The monoisotopic (exact) mass is 362 g/mol. The van der Waals surface area contributed by atoms with Crippen molar-refractivity contribution in [2.75, 3.05) is 11.4 Å². The molecule has 1 N–H and O–H groups in total. The Bertz CT molecular complexity index is 662. The summed E-state index contributed by atoms with van der Waals surface area (Å²) in [7, 11) is 0. The first kappa shape index (κ1) is 18.5. The largest absolute Gasteiger partial charge is 0.389 e. The van der Waals surface area contributed by atoms with Crippen LogP contribution >= 0.6 is 11.6 Å². The second-order valence-corrected chi connectivity index (χ2v) is 5.82. The quantitative estimate of drug-likeness (QED) is 0.797.